The summed E-state index contributed by atoms with van der Waals surface area (Å²) in [4.78, 5) is 19.4. The molecule has 0 aliphatic carbocycles. The molecule has 1 aromatic carbocycles. The van der Waals surface area contributed by atoms with Gasteiger partial charge >= 0.3 is 0 Å². The molecule has 4 nitrogen and oxygen atoms in total. The van der Waals surface area contributed by atoms with Crippen molar-refractivity contribution in [3.8, 4) is 6.07 Å². The SMILES string of the molecule is CC.CC1CCN(c2ncccc2C(=O)c2ccccc2C#N)C1. The highest BCUT2D eigenvalue weighted by Crippen LogP contribution is 2.27. The van der Waals surface area contributed by atoms with E-state index in [9.17, 15) is 10.1 Å². The smallest absolute Gasteiger partial charge is 0.198 e. The van der Waals surface area contributed by atoms with E-state index in [-0.39, 0.29) is 5.78 Å². The Morgan fingerprint density at radius 3 is 2.58 bits per heavy atom. The number of hydrogen-bond donors (Lipinski definition) is 0. The van der Waals surface area contributed by atoms with Crippen LogP contribution in [0.25, 0.3) is 0 Å². The summed E-state index contributed by atoms with van der Waals surface area (Å²) in [5.41, 5.74) is 1.41. The molecule has 1 atom stereocenters. The van der Waals surface area contributed by atoms with E-state index in [1.807, 2.05) is 13.8 Å². The quantitative estimate of drug-likeness (QED) is 0.800. The average Bonchev–Trinajstić information content (AvgIpc) is 3.09. The van der Waals surface area contributed by atoms with Crippen molar-refractivity contribution < 1.29 is 4.79 Å². The number of carbonyl (C=O) groups excluding carboxylic acids is 1. The molecule has 1 unspecified atom stereocenters. The molecule has 0 bridgehead atoms. The number of nitrogens with zero attached hydrogens (tertiary/aromatic N) is 3. The molecule has 1 saturated heterocycles. The molecular formula is C20H23N3O. The van der Waals surface area contributed by atoms with Crippen LogP contribution >= 0.6 is 0 Å². The number of anilines is 1. The van der Waals surface area contributed by atoms with Crippen molar-refractivity contribution in [3.63, 3.8) is 0 Å². The van der Waals surface area contributed by atoms with Crippen molar-refractivity contribution in [1.29, 1.82) is 5.26 Å². The van der Waals surface area contributed by atoms with Crippen molar-refractivity contribution in [2.24, 2.45) is 5.92 Å². The Kier molecular flexibility index (Phi) is 6.08. The minimum atomic E-state index is -0.139. The highest BCUT2D eigenvalue weighted by molar-refractivity contribution is 6.13. The van der Waals surface area contributed by atoms with Gasteiger partial charge in [0.1, 0.15) is 5.82 Å². The second-order valence-corrected chi connectivity index (χ2v) is 5.70. The van der Waals surface area contributed by atoms with E-state index >= 15 is 0 Å². The lowest BCUT2D eigenvalue weighted by molar-refractivity contribution is 0.103. The number of pyridine rings is 1. The number of aromatic nitrogens is 1. The van der Waals surface area contributed by atoms with Gasteiger partial charge in [-0.15, -0.1) is 0 Å². The molecule has 1 aliphatic heterocycles. The second kappa shape index (κ2) is 8.26. The van der Waals surface area contributed by atoms with Gasteiger partial charge in [0.15, 0.2) is 5.78 Å². The van der Waals surface area contributed by atoms with E-state index in [0.29, 0.717) is 22.6 Å². The third-order valence-corrected chi connectivity index (χ3v) is 4.05. The van der Waals surface area contributed by atoms with E-state index in [4.69, 9.17) is 0 Å². The summed E-state index contributed by atoms with van der Waals surface area (Å²) in [5.74, 6) is 1.20. The second-order valence-electron chi connectivity index (χ2n) is 5.70. The highest BCUT2D eigenvalue weighted by atomic mass is 16.1. The van der Waals surface area contributed by atoms with Gasteiger partial charge in [-0.1, -0.05) is 32.9 Å². The van der Waals surface area contributed by atoms with Gasteiger partial charge in [-0.2, -0.15) is 5.26 Å². The number of rotatable bonds is 3. The van der Waals surface area contributed by atoms with Crippen molar-refractivity contribution in [2.75, 3.05) is 18.0 Å². The van der Waals surface area contributed by atoms with Gasteiger partial charge in [-0.3, -0.25) is 4.79 Å². The number of ketones is 1. The first kappa shape index (κ1) is 17.7. The number of hydrogen-bond acceptors (Lipinski definition) is 4. The minimum Gasteiger partial charge on any atom is -0.356 e. The Labute approximate surface area is 143 Å². The van der Waals surface area contributed by atoms with Crippen LogP contribution in [-0.2, 0) is 0 Å². The summed E-state index contributed by atoms with van der Waals surface area (Å²) in [7, 11) is 0. The molecular weight excluding hydrogens is 298 g/mol. The summed E-state index contributed by atoms with van der Waals surface area (Å²) in [6.07, 6.45) is 2.82. The molecule has 0 N–H and O–H groups in total. The first-order valence-electron chi connectivity index (χ1n) is 8.44. The number of nitriles is 1. The van der Waals surface area contributed by atoms with Crippen molar-refractivity contribution in [3.05, 3.63) is 59.3 Å². The monoisotopic (exact) mass is 321 g/mol. The summed E-state index contributed by atoms with van der Waals surface area (Å²) in [6, 6.07) is 12.6. The lowest BCUT2D eigenvalue weighted by Crippen LogP contribution is -2.23. The van der Waals surface area contributed by atoms with E-state index in [1.165, 1.54) is 0 Å². The van der Waals surface area contributed by atoms with E-state index < -0.39 is 0 Å². The molecule has 0 radical (unpaired) electrons. The lowest BCUT2D eigenvalue weighted by atomic mass is 9.99. The van der Waals surface area contributed by atoms with Crippen molar-refractivity contribution in [2.45, 2.75) is 27.2 Å². The first-order chi connectivity index (χ1) is 11.7. The zero-order valence-corrected chi connectivity index (χ0v) is 14.5. The van der Waals surface area contributed by atoms with Gasteiger partial charge in [0.25, 0.3) is 0 Å². The standard InChI is InChI=1S/C18H17N3O.C2H6/c1-13-8-10-21(12-13)18-16(7-4-9-20-18)17(22)15-6-3-2-5-14(15)11-19;1-2/h2-7,9,13H,8,10,12H2,1H3;1-2H3. The minimum absolute atomic E-state index is 0.139. The van der Waals surface area contributed by atoms with Crippen LogP contribution in [0.15, 0.2) is 42.6 Å². The predicted octanol–water partition coefficient (Wildman–Crippen LogP) is 4.06. The molecule has 1 aliphatic rings. The van der Waals surface area contributed by atoms with Crippen molar-refractivity contribution >= 4 is 11.6 Å². The van der Waals surface area contributed by atoms with E-state index in [0.717, 1.165) is 25.3 Å². The Bertz CT molecular complexity index is 749. The van der Waals surface area contributed by atoms with Crippen LogP contribution in [0.2, 0.25) is 0 Å². The van der Waals surface area contributed by atoms with Crippen LogP contribution in [0.1, 0.15) is 48.7 Å². The Balaban J connectivity index is 0.00000100. The van der Waals surface area contributed by atoms with Crippen LogP contribution in [0.4, 0.5) is 5.82 Å². The molecule has 0 amide bonds. The van der Waals surface area contributed by atoms with E-state index in [1.54, 1.807) is 42.6 Å². The van der Waals surface area contributed by atoms with Crippen LogP contribution in [0.3, 0.4) is 0 Å². The fourth-order valence-corrected chi connectivity index (χ4v) is 2.88. The van der Waals surface area contributed by atoms with Gasteiger partial charge in [0, 0.05) is 24.8 Å². The Hall–Kier alpha value is -2.67. The topological polar surface area (TPSA) is 57.0 Å². The van der Waals surface area contributed by atoms with Crippen molar-refractivity contribution in [1.82, 2.24) is 4.98 Å². The van der Waals surface area contributed by atoms with E-state index in [2.05, 4.69) is 22.9 Å². The van der Waals surface area contributed by atoms with Gasteiger partial charge < -0.3 is 4.90 Å². The first-order valence-corrected chi connectivity index (χ1v) is 8.44. The molecule has 124 valence electrons. The molecule has 4 heteroatoms. The average molecular weight is 321 g/mol. The number of benzene rings is 1. The van der Waals surface area contributed by atoms with Crippen LogP contribution in [-0.4, -0.2) is 23.9 Å². The predicted molar refractivity (Wildman–Crippen MR) is 96.2 cm³/mol. The van der Waals surface area contributed by atoms with Gasteiger partial charge in [-0.05, 0) is 36.6 Å². The third kappa shape index (κ3) is 3.62. The fourth-order valence-electron chi connectivity index (χ4n) is 2.88. The van der Waals surface area contributed by atoms with Gasteiger partial charge in [0.05, 0.1) is 17.2 Å². The highest BCUT2D eigenvalue weighted by Gasteiger charge is 2.25. The molecule has 2 aromatic rings. The van der Waals surface area contributed by atoms with Gasteiger partial charge in [0.2, 0.25) is 0 Å². The Morgan fingerprint density at radius 2 is 1.92 bits per heavy atom. The molecule has 2 heterocycles. The summed E-state index contributed by atoms with van der Waals surface area (Å²) in [5, 5.41) is 9.20. The molecule has 3 rings (SSSR count). The fraction of sp³-hybridized carbons (Fsp3) is 0.350. The summed E-state index contributed by atoms with van der Waals surface area (Å²) >= 11 is 0. The molecule has 0 saturated carbocycles. The van der Waals surface area contributed by atoms with Gasteiger partial charge in [-0.25, -0.2) is 4.98 Å². The zero-order chi connectivity index (χ0) is 17.5. The van der Waals surface area contributed by atoms with Crippen LogP contribution in [0.5, 0.6) is 0 Å². The third-order valence-electron chi connectivity index (χ3n) is 4.05. The maximum absolute atomic E-state index is 12.9. The summed E-state index contributed by atoms with van der Waals surface area (Å²) in [6.45, 7) is 8.03. The maximum atomic E-state index is 12.9. The lowest BCUT2D eigenvalue weighted by Gasteiger charge is -2.19. The van der Waals surface area contributed by atoms with Crippen LogP contribution < -0.4 is 4.90 Å². The maximum Gasteiger partial charge on any atom is 0.198 e. The molecule has 24 heavy (non-hydrogen) atoms. The zero-order valence-electron chi connectivity index (χ0n) is 14.5. The number of carbonyl (C=O) groups is 1. The molecule has 0 spiro atoms. The molecule has 1 fully saturated rings. The molecule has 1 aromatic heterocycles. The Morgan fingerprint density at radius 1 is 1.21 bits per heavy atom. The summed E-state index contributed by atoms with van der Waals surface area (Å²) < 4.78 is 0. The largest absolute Gasteiger partial charge is 0.356 e. The normalized spacial score (nSPS) is 16.1. The van der Waals surface area contributed by atoms with Crippen LogP contribution in [0, 0.1) is 17.2 Å².